The Labute approximate surface area is 175 Å². The lowest BCUT2D eigenvalue weighted by Gasteiger charge is -2.32. The fourth-order valence-corrected chi connectivity index (χ4v) is 3.63. The second-order valence-electron chi connectivity index (χ2n) is 6.74. The van der Waals surface area contributed by atoms with Gasteiger partial charge in [0.25, 0.3) is 5.72 Å². The van der Waals surface area contributed by atoms with Gasteiger partial charge in [-0.25, -0.2) is 0 Å². The number of aryl methyl sites for hydroxylation is 1. The van der Waals surface area contributed by atoms with E-state index in [1.165, 1.54) is 18.2 Å². The lowest BCUT2D eigenvalue weighted by Crippen LogP contribution is -2.56. The number of benzene rings is 2. The maximum absolute atomic E-state index is 13.6. The lowest BCUT2D eigenvalue weighted by molar-refractivity contribution is -0.302. The maximum atomic E-state index is 13.6. The minimum atomic E-state index is -5.09. The van der Waals surface area contributed by atoms with E-state index in [4.69, 9.17) is 23.2 Å². The van der Waals surface area contributed by atoms with E-state index in [9.17, 15) is 23.1 Å². The SMILES string of the molecule is O=C(CCCc1ccccc1)N1N=C(c2cc(Cl)cc(Cl)c2)CC1(O)C(F)(F)F. The third-order valence-electron chi connectivity index (χ3n) is 4.57. The van der Waals surface area contributed by atoms with Gasteiger partial charge in [-0.1, -0.05) is 53.5 Å². The number of rotatable bonds is 5. The average molecular weight is 445 g/mol. The number of aliphatic hydroxyl groups is 1. The number of nitrogens with zero attached hydrogens (tertiary/aromatic N) is 2. The standard InChI is InChI=1S/C20H17Cl2F3N2O2/c21-15-9-14(10-16(22)11-15)17-12-19(29,20(23,24)25)27(26-17)18(28)8-4-7-13-5-2-1-3-6-13/h1-3,5-6,9-11,29H,4,7-8,12H2. The highest BCUT2D eigenvalue weighted by atomic mass is 35.5. The van der Waals surface area contributed by atoms with Crippen LogP contribution in [0.3, 0.4) is 0 Å². The summed E-state index contributed by atoms with van der Waals surface area (Å²) < 4.78 is 40.9. The molecule has 9 heteroatoms. The molecule has 2 aromatic carbocycles. The van der Waals surface area contributed by atoms with Crippen LogP contribution in [0.1, 0.15) is 30.4 Å². The fraction of sp³-hybridized carbons (Fsp3) is 0.300. The number of hydrazone groups is 1. The first kappa shape index (κ1) is 21.6. The molecule has 1 aliphatic heterocycles. The van der Waals surface area contributed by atoms with Gasteiger partial charge >= 0.3 is 6.18 Å². The molecular formula is C20H17Cl2F3N2O2. The number of hydrogen-bond acceptors (Lipinski definition) is 3. The number of carbonyl (C=O) groups is 1. The van der Waals surface area contributed by atoms with Crippen LogP contribution in [0.25, 0.3) is 0 Å². The third kappa shape index (κ3) is 4.74. The van der Waals surface area contributed by atoms with Crippen molar-refractivity contribution in [3.8, 4) is 0 Å². The topological polar surface area (TPSA) is 52.9 Å². The molecule has 0 radical (unpaired) electrons. The molecule has 1 amide bonds. The van der Waals surface area contributed by atoms with Gasteiger partial charge < -0.3 is 5.11 Å². The van der Waals surface area contributed by atoms with Gasteiger partial charge in [0.05, 0.1) is 12.1 Å². The molecule has 29 heavy (non-hydrogen) atoms. The maximum Gasteiger partial charge on any atom is 0.438 e. The van der Waals surface area contributed by atoms with E-state index in [1.807, 2.05) is 30.3 Å². The predicted molar refractivity (Wildman–Crippen MR) is 105 cm³/mol. The lowest BCUT2D eigenvalue weighted by atomic mass is 10.0. The van der Waals surface area contributed by atoms with Crippen LogP contribution in [0, 0.1) is 0 Å². The number of alkyl halides is 3. The zero-order valence-corrected chi connectivity index (χ0v) is 16.6. The molecule has 0 aliphatic carbocycles. The summed E-state index contributed by atoms with van der Waals surface area (Å²) in [6.45, 7) is 0. The van der Waals surface area contributed by atoms with Crippen molar-refractivity contribution in [1.29, 1.82) is 0 Å². The van der Waals surface area contributed by atoms with Crippen molar-refractivity contribution >= 4 is 34.8 Å². The summed E-state index contributed by atoms with van der Waals surface area (Å²) in [6, 6.07) is 13.4. The Hall–Kier alpha value is -2.09. The summed E-state index contributed by atoms with van der Waals surface area (Å²) in [5.74, 6) is -0.913. The highest BCUT2D eigenvalue weighted by Gasteiger charge is 2.63. The number of carbonyl (C=O) groups excluding carboxylic acids is 1. The summed E-state index contributed by atoms with van der Waals surface area (Å²) >= 11 is 11.8. The molecule has 2 aromatic rings. The van der Waals surface area contributed by atoms with Crippen LogP contribution in [0.5, 0.6) is 0 Å². The van der Waals surface area contributed by atoms with Crippen LogP contribution < -0.4 is 0 Å². The van der Waals surface area contributed by atoms with E-state index in [-0.39, 0.29) is 32.8 Å². The largest absolute Gasteiger partial charge is 0.438 e. The Morgan fingerprint density at radius 1 is 1.14 bits per heavy atom. The van der Waals surface area contributed by atoms with Gasteiger partial charge in [-0.05, 0) is 36.6 Å². The fourth-order valence-electron chi connectivity index (χ4n) is 3.10. The zero-order valence-electron chi connectivity index (χ0n) is 15.1. The Morgan fingerprint density at radius 3 is 2.34 bits per heavy atom. The van der Waals surface area contributed by atoms with Gasteiger partial charge in [0.15, 0.2) is 0 Å². The van der Waals surface area contributed by atoms with Crippen LogP contribution in [-0.2, 0) is 11.2 Å². The molecule has 0 saturated heterocycles. The minimum Gasteiger partial charge on any atom is -0.362 e. The summed E-state index contributed by atoms with van der Waals surface area (Å²) in [4.78, 5) is 12.5. The van der Waals surface area contributed by atoms with Crippen LogP contribution in [0.15, 0.2) is 53.6 Å². The highest BCUT2D eigenvalue weighted by molar-refractivity contribution is 6.35. The quantitative estimate of drug-likeness (QED) is 0.688. The molecule has 1 N–H and O–H groups in total. The predicted octanol–water partition coefficient (Wildman–Crippen LogP) is 5.20. The molecule has 0 spiro atoms. The molecule has 0 bridgehead atoms. The van der Waals surface area contributed by atoms with E-state index in [2.05, 4.69) is 5.10 Å². The minimum absolute atomic E-state index is 0.120. The first-order valence-electron chi connectivity index (χ1n) is 8.80. The molecule has 1 heterocycles. The molecule has 3 rings (SSSR count). The first-order valence-corrected chi connectivity index (χ1v) is 9.56. The molecule has 154 valence electrons. The second kappa shape index (κ2) is 8.34. The van der Waals surface area contributed by atoms with E-state index in [0.717, 1.165) is 5.56 Å². The van der Waals surface area contributed by atoms with E-state index in [0.29, 0.717) is 12.8 Å². The van der Waals surface area contributed by atoms with Crippen molar-refractivity contribution in [3.05, 3.63) is 69.7 Å². The molecule has 1 aliphatic rings. The van der Waals surface area contributed by atoms with Gasteiger partial charge in [0, 0.05) is 22.0 Å². The van der Waals surface area contributed by atoms with Crippen LogP contribution in [-0.4, -0.2) is 33.6 Å². The van der Waals surface area contributed by atoms with E-state index >= 15 is 0 Å². The number of amides is 1. The smallest absolute Gasteiger partial charge is 0.362 e. The Balaban J connectivity index is 1.82. The van der Waals surface area contributed by atoms with Crippen molar-refractivity contribution in [2.45, 2.75) is 37.6 Å². The normalized spacial score (nSPS) is 19.4. The molecule has 1 atom stereocenters. The highest BCUT2D eigenvalue weighted by Crippen LogP contribution is 2.42. The molecule has 0 aromatic heterocycles. The summed E-state index contributed by atoms with van der Waals surface area (Å²) in [5, 5.41) is 14.7. The van der Waals surface area contributed by atoms with Crippen LogP contribution in [0.4, 0.5) is 13.2 Å². The zero-order chi connectivity index (χ0) is 21.2. The summed E-state index contributed by atoms with van der Waals surface area (Å²) in [7, 11) is 0. The van der Waals surface area contributed by atoms with Gasteiger partial charge in [0.1, 0.15) is 0 Å². The van der Waals surface area contributed by atoms with Crippen LogP contribution >= 0.6 is 23.2 Å². The Morgan fingerprint density at radius 2 is 1.76 bits per heavy atom. The molecule has 0 fully saturated rings. The van der Waals surface area contributed by atoms with Crippen LogP contribution in [0.2, 0.25) is 10.0 Å². The molecule has 4 nitrogen and oxygen atoms in total. The molecule has 0 saturated carbocycles. The van der Waals surface area contributed by atoms with E-state index < -0.39 is 24.2 Å². The van der Waals surface area contributed by atoms with Gasteiger partial charge in [-0.15, -0.1) is 0 Å². The van der Waals surface area contributed by atoms with Gasteiger partial charge in [-0.3, -0.25) is 4.79 Å². The van der Waals surface area contributed by atoms with Gasteiger partial charge in [0.2, 0.25) is 5.91 Å². The third-order valence-corrected chi connectivity index (χ3v) is 5.01. The van der Waals surface area contributed by atoms with Crippen molar-refractivity contribution in [2.24, 2.45) is 5.10 Å². The van der Waals surface area contributed by atoms with Crippen molar-refractivity contribution in [3.63, 3.8) is 0 Å². The van der Waals surface area contributed by atoms with Crippen molar-refractivity contribution in [1.82, 2.24) is 5.01 Å². The van der Waals surface area contributed by atoms with E-state index in [1.54, 1.807) is 0 Å². The first-order chi connectivity index (χ1) is 13.6. The van der Waals surface area contributed by atoms with Gasteiger partial charge in [-0.2, -0.15) is 23.3 Å². The second-order valence-corrected chi connectivity index (χ2v) is 7.61. The molecular weight excluding hydrogens is 428 g/mol. The average Bonchev–Trinajstić information content (AvgIpc) is 3.01. The molecule has 1 unspecified atom stereocenters. The summed E-state index contributed by atoms with van der Waals surface area (Å²) in [6.07, 6.45) is -5.35. The van der Waals surface area contributed by atoms with Crippen molar-refractivity contribution < 1.29 is 23.1 Å². The summed E-state index contributed by atoms with van der Waals surface area (Å²) in [5.41, 5.74) is -2.36. The van der Waals surface area contributed by atoms with Crippen molar-refractivity contribution in [2.75, 3.05) is 0 Å². The number of hydrogen-bond donors (Lipinski definition) is 1. The Bertz CT molecular complexity index is 915. The number of halogens is 5. The Kier molecular flexibility index (Phi) is 6.22. The monoisotopic (exact) mass is 444 g/mol.